The van der Waals surface area contributed by atoms with E-state index in [1.54, 1.807) is 0 Å². The molecule has 18 heavy (non-hydrogen) atoms. The maximum atomic E-state index is 4.43. The van der Waals surface area contributed by atoms with Crippen LogP contribution in [-0.4, -0.2) is 47.6 Å². The van der Waals surface area contributed by atoms with E-state index in [0.29, 0.717) is 5.95 Å². The van der Waals surface area contributed by atoms with Crippen molar-refractivity contribution in [3.8, 4) is 0 Å². The van der Waals surface area contributed by atoms with E-state index in [0.717, 1.165) is 24.6 Å². The molecule has 0 aliphatic heterocycles. The molecule has 5 nitrogen and oxygen atoms in total. The van der Waals surface area contributed by atoms with Gasteiger partial charge in [-0.15, -0.1) is 0 Å². The molecule has 2 N–H and O–H groups in total. The summed E-state index contributed by atoms with van der Waals surface area (Å²) in [5.41, 5.74) is 1.04. The number of nitrogens with one attached hydrogen (secondary N) is 2. The molecule has 0 unspecified atom stereocenters. The molecule has 0 aliphatic carbocycles. The zero-order valence-electron chi connectivity index (χ0n) is 12.3. The summed E-state index contributed by atoms with van der Waals surface area (Å²) in [5, 5.41) is 6.51. The molecule has 0 atom stereocenters. The Morgan fingerprint density at radius 1 is 1.22 bits per heavy atom. The number of hydrogen-bond acceptors (Lipinski definition) is 5. The monoisotopic (exact) mass is 251 g/mol. The smallest absolute Gasteiger partial charge is 0.224 e. The van der Waals surface area contributed by atoms with Crippen LogP contribution in [0.4, 0.5) is 11.8 Å². The zero-order valence-corrected chi connectivity index (χ0v) is 12.3. The van der Waals surface area contributed by atoms with Gasteiger partial charge in [0, 0.05) is 30.4 Å². The summed E-state index contributed by atoms with van der Waals surface area (Å²) in [4.78, 5) is 11.0. The molecule has 1 heterocycles. The average molecular weight is 251 g/mol. The van der Waals surface area contributed by atoms with Crippen LogP contribution in [0.25, 0.3) is 0 Å². The van der Waals surface area contributed by atoms with Gasteiger partial charge in [-0.05, 0) is 41.8 Å². The van der Waals surface area contributed by atoms with Crippen molar-refractivity contribution < 1.29 is 0 Å². The Morgan fingerprint density at radius 3 is 2.44 bits per heavy atom. The third-order valence-electron chi connectivity index (χ3n) is 3.10. The van der Waals surface area contributed by atoms with E-state index in [2.05, 4.69) is 53.4 Å². The number of aryl methyl sites for hydroxylation is 1. The van der Waals surface area contributed by atoms with Crippen molar-refractivity contribution >= 4 is 11.8 Å². The van der Waals surface area contributed by atoms with Crippen molar-refractivity contribution in [3.63, 3.8) is 0 Å². The number of aromatic nitrogens is 2. The average Bonchev–Trinajstić information content (AvgIpc) is 2.26. The lowest BCUT2D eigenvalue weighted by Gasteiger charge is -2.32. The van der Waals surface area contributed by atoms with Gasteiger partial charge in [-0.2, -0.15) is 4.98 Å². The minimum Gasteiger partial charge on any atom is -0.368 e. The van der Waals surface area contributed by atoms with Crippen molar-refractivity contribution in [2.45, 2.75) is 33.2 Å². The molecule has 0 bridgehead atoms. The first-order valence-corrected chi connectivity index (χ1v) is 6.36. The van der Waals surface area contributed by atoms with Crippen molar-refractivity contribution in [3.05, 3.63) is 11.8 Å². The topological polar surface area (TPSA) is 53.1 Å². The Morgan fingerprint density at radius 2 is 1.89 bits per heavy atom. The van der Waals surface area contributed by atoms with Crippen LogP contribution in [0.5, 0.6) is 0 Å². The Bertz CT molecular complexity index is 387. The summed E-state index contributed by atoms with van der Waals surface area (Å²) in [6, 6.07) is 1.96. The first kappa shape index (κ1) is 14.7. The summed E-state index contributed by atoms with van der Waals surface area (Å²) >= 11 is 0. The third-order valence-corrected chi connectivity index (χ3v) is 3.10. The molecule has 1 rings (SSSR count). The molecule has 0 fully saturated rings. The van der Waals surface area contributed by atoms with Gasteiger partial charge in [-0.3, -0.25) is 0 Å². The van der Waals surface area contributed by atoms with Gasteiger partial charge in [-0.1, -0.05) is 0 Å². The second-order valence-corrected chi connectivity index (χ2v) is 5.31. The molecule has 0 radical (unpaired) electrons. The summed E-state index contributed by atoms with van der Waals surface area (Å²) < 4.78 is 0. The highest BCUT2D eigenvalue weighted by Crippen LogP contribution is 2.14. The van der Waals surface area contributed by atoms with Crippen LogP contribution in [0.3, 0.4) is 0 Å². The number of likely N-dealkylation sites (N-methyl/N-ethyl adjacent to an activating group) is 1. The molecular weight excluding hydrogens is 226 g/mol. The van der Waals surface area contributed by atoms with Crippen molar-refractivity contribution in [1.82, 2.24) is 14.9 Å². The Hall–Kier alpha value is -1.36. The van der Waals surface area contributed by atoms with Crippen LogP contribution in [0, 0.1) is 6.92 Å². The van der Waals surface area contributed by atoms with E-state index in [1.807, 2.05) is 19.9 Å². The molecule has 1 aromatic rings. The van der Waals surface area contributed by atoms with E-state index in [4.69, 9.17) is 0 Å². The van der Waals surface area contributed by atoms with E-state index < -0.39 is 0 Å². The van der Waals surface area contributed by atoms with Crippen LogP contribution in [0.15, 0.2) is 6.07 Å². The molecule has 0 aromatic carbocycles. The number of nitrogens with zero attached hydrogens (tertiary/aromatic N) is 3. The van der Waals surface area contributed by atoms with E-state index in [9.17, 15) is 0 Å². The van der Waals surface area contributed by atoms with Gasteiger partial charge in [0.25, 0.3) is 0 Å². The van der Waals surface area contributed by atoms with Gasteiger partial charge in [0.15, 0.2) is 0 Å². The fourth-order valence-corrected chi connectivity index (χ4v) is 1.36. The van der Waals surface area contributed by atoms with E-state index in [-0.39, 0.29) is 5.54 Å². The molecule has 0 aliphatic rings. The second kappa shape index (κ2) is 6.00. The lowest BCUT2D eigenvalue weighted by molar-refractivity contribution is 0.210. The SMILES string of the molecule is CCNc1nc(C)cc(NCC(C)(C)N(C)C)n1. The maximum Gasteiger partial charge on any atom is 0.224 e. The zero-order chi connectivity index (χ0) is 13.8. The van der Waals surface area contributed by atoms with Gasteiger partial charge in [0.05, 0.1) is 0 Å². The summed E-state index contributed by atoms with van der Waals surface area (Å²) in [7, 11) is 4.16. The third kappa shape index (κ3) is 4.14. The lowest BCUT2D eigenvalue weighted by atomic mass is 10.0. The highest BCUT2D eigenvalue weighted by molar-refractivity contribution is 5.42. The van der Waals surface area contributed by atoms with Crippen LogP contribution in [0.1, 0.15) is 26.5 Å². The number of rotatable bonds is 6. The predicted octanol–water partition coefficient (Wildman–Crippen LogP) is 1.97. The first-order valence-electron chi connectivity index (χ1n) is 6.36. The predicted molar refractivity (Wildman–Crippen MR) is 77.2 cm³/mol. The largest absolute Gasteiger partial charge is 0.368 e. The highest BCUT2D eigenvalue weighted by Gasteiger charge is 2.20. The minimum absolute atomic E-state index is 0.0806. The van der Waals surface area contributed by atoms with Crippen LogP contribution in [-0.2, 0) is 0 Å². The summed E-state index contributed by atoms with van der Waals surface area (Å²) in [5.74, 6) is 1.55. The lowest BCUT2D eigenvalue weighted by Crippen LogP contribution is -2.44. The van der Waals surface area contributed by atoms with Gasteiger partial charge in [0.1, 0.15) is 5.82 Å². The molecule has 5 heteroatoms. The Labute approximate surface area is 110 Å². The Balaban J connectivity index is 2.73. The molecule has 0 spiro atoms. The Kier molecular flexibility index (Phi) is 4.90. The minimum atomic E-state index is 0.0806. The molecule has 0 saturated carbocycles. The van der Waals surface area contributed by atoms with E-state index >= 15 is 0 Å². The standard InChI is InChI=1S/C13H25N5/c1-7-14-12-16-10(2)8-11(17-12)15-9-13(3,4)18(5)6/h8H,7,9H2,1-6H3,(H2,14,15,16,17). The fourth-order valence-electron chi connectivity index (χ4n) is 1.36. The molecule has 102 valence electrons. The number of anilines is 2. The molecule has 1 aromatic heterocycles. The quantitative estimate of drug-likeness (QED) is 0.809. The molecule has 0 saturated heterocycles. The van der Waals surface area contributed by atoms with Gasteiger partial charge < -0.3 is 15.5 Å². The normalized spacial score (nSPS) is 11.7. The van der Waals surface area contributed by atoms with Crippen LogP contribution >= 0.6 is 0 Å². The number of hydrogen-bond donors (Lipinski definition) is 2. The molecular formula is C13H25N5. The fraction of sp³-hybridized carbons (Fsp3) is 0.692. The molecule has 0 amide bonds. The summed E-state index contributed by atoms with van der Waals surface area (Å²) in [6.45, 7) is 10.1. The summed E-state index contributed by atoms with van der Waals surface area (Å²) in [6.07, 6.45) is 0. The van der Waals surface area contributed by atoms with Gasteiger partial charge >= 0.3 is 0 Å². The van der Waals surface area contributed by atoms with Gasteiger partial charge in [0.2, 0.25) is 5.95 Å². The second-order valence-electron chi connectivity index (χ2n) is 5.31. The van der Waals surface area contributed by atoms with Crippen LogP contribution in [0.2, 0.25) is 0 Å². The highest BCUT2D eigenvalue weighted by atomic mass is 15.2. The van der Waals surface area contributed by atoms with Crippen LogP contribution < -0.4 is 10.6 Å². The van der Waals surface area contributed by atoms with Crippen molar-refractivity contribution in [2.24, 2.45) is 0 Å². The van der Waals surface area contributed by atoms with Crippen molar-refractivity contribution in [1.29, 1.82) is 0 Å². The first-order chi connectivity index (χ1) is 8.35. The van der Waals surface area contributed by atoms with Gasteiger partial charge in [-0.25, -0.2) is 4.98 Å². The van der Waals surface area contributed by atoms with Crippen molar-refractivity contribution in [2.75, 3.05) is 37.8 Å². The maximum absolute atomic E-state index is 4.43. The van der Waals surface area contributed by atoms with E-state index in [1.165, 1.54) is 0 Å².